The maximum absolute atomic E-state index is 9.49. The zero-order valence-electron chi connectivity index (χ0n) is 10.3. The third-order valence-electron chi connectivity index (χ3n) is 3.66. The molecule has 2 rings (SSSR count). The lowest BCUT2D eigenvalue weighted by atomic mass is 9.90. The molecule has 1 aliphatic heterocycles. The fourth-order valence-corrected chi connectivity index (χ4v) is 2.72. The highest BCUT2D eigenvalue weighted by molar-refractivity contribution is 5.22. The van der Waals surface area contributed by atoms with Crippen LogP contribution in [0.25, 0.3) is 0 Å². The molecule has 0 amide bonds. The number of nitrogens with two attached hydrogens (primary N) is 1. The minimum atomic E-state index is 0.276. The van der Waals surface area contributed by atoms with Crippen molar-refractivity contribution in [3.05, 3.63) is 35.9 Å². The lowest BCUT2D eigenvalue weighted by Gasteiger charge is -2.16. The molecule has 0 radical (unpaired) electrons. The highest BCUT2D eigenvalue weighted by Crippen LogP contribution is 2.32. The van der Waals surface area contributed by atoms with Crippen LogP contribution >= 0.6 is 0 Å². The van der Waals surface area contributed by atoms with E-state index in [-0.39, 0.29) is 6.61 Å². The van der Waals surface area contributed by atoms with Gasteiger partial charge in [-0.1, -0.05) is 30.3 Å². The maximum Gasteiger partial charge on any atom is 0.0477 e. The molecular formula is C14H22N2O. The summed E-state index contributed by atoms with van der Waals surface area (Å²) in [6, 6.07) is 10.5. The molecule has 0 unspecified atom stereocenters. The lowest BCUT2D eigenvalue weighted by Crippen LogP contribution is -2.24. The number of aliphatic hydroxyl groups is 1. The highest BCUT2D eigenvalue weighted by Gasteiger charge is 2.32. The van der Waals surface area contributed by atoms with Crippen molar-refractivity contribution >= 4 is 0 Å². The number of likely N-dealkylation sites (tertiary alicyclic amines) is 1. The van der Waals surface area contributed by atoms with Crippen LogP contribution in [0.5, 0.6) is 0 Å². The number of aliphatic hydroxyl groups excluding tert-OH is 1. The summed E-state index contributed by atoms with van der Waals surface area (Å²) in [7, 11) is 0. The Balaban J connectivity index is 2.02. The normalized spacial score (nSPS) is 25.3. The molecule has 0 saturated carbocycles. The summed E-state index contributed by atoms with van der Waals surface area (Å²) in [6.07, 6.45) is 1.04. The Morgan fingerprint density at radius 2 is 2.00 bits per heavy atom. The zero-order valence-corrected chi connectivity index (χ0v) is 10.3. The molecule has 1 heterocycles. The van der Waals surface area contributed by atoms with Crippen molar-refractivity contribution in [2.75, 3.05) is 32.8 Å². The molecule has 17 heavy (non-hydrogen) atoms. The van der Waals surface area contributed by atoms with Gasteiger partial charge in [-0.05, 0) is 25.1 Å². The largest absolute Gasteiger partial charge is 0.396 e. The summed E-state index contributed by atoms with van der Waals surface area (Å²) in [5.74, 6) is 0.842. The van der Waals surface area contributed by atoms with Crippen LogP contribution < -0.4 is 5.73 Å². The predicted molar refractivity (Wildman–Crippen MR) is 69.9 cm³/mol. The van der Waals surface area contributed by atoms with Crippen LogP contribution in [0.4, 0.5) is 0 Å². The van der Waals surface area contributed by atoms with Crippen LogP contribution in [0.1, 0.15) is 17.9 Å². The Labute approximate surface area is 103 Å². The minimum absolute atomic E-state index is 0.276. The third-order valence-corrected chi connectivity index (χ3v) is 3.66. The van der Waals surface area contributed by atoms with E-state index in [4.69, 9.17) is 5.73 Å². The Hall–Kier alpha value is -0.900. The van der Waals surface area contributed by atoms with Gasteiger partial charge in [-0.15, -0.1) is 0 Å². The van der Waals surface area contributed by atoms with E-state index >= 15 is 0 Å². The van der Waals surface area contributed by atoms with Crippen LogP contribution in [-0.4, -0.2) is 42.8 Å². The highest BCUT2D eigenvalue weighted by atomic mass is 16.3. The Kier molecular flexibility index (Phi) is 4.54. The summed E-state index contributed by atoms with van der Waals surface area (Å²) in [6.45, 7) is 4.12. The molecule has 1 aliphatic rings. The number of nitrogens with zero attached hydrogens (tertiary/aromatic N) is 1. The summed E-state index contributed by atoms with van der Waals surface area (Å²) in [4.78, 5) is 2.42. The van der Waals surface area contributed by atoms with E-state index in [2.05, 4.69) is 29.2 Å². The summed E-state index contributed by atoms with van der Waals surface area (Å²) in [5.41, 5.74) is 6.89. The van der Waals surface area contributed by atoms with E-state index in [1.54, 1.807) is 0 Å². The van der Waals surface area contributed by atoms with Gasteiger partial charge in [-0.25, -0.2) is 0 Å². The molecule has 3 nitrogen and oxygen atoms in total. The number of hydrogen-bond donors (Lipinski definition) is 2. The second kappa shape index (κ2) is 6.15. The molecule has 2 atom stereocenters. The predicted octanol–water partition coefficient (Wildman–Crippen LogP) is 1.04. The van der Waals surface area contributed by atoms with Crippen molar-refractivity contribution in [3.8, 4) is 0 Å². The maximum atomic E-state index is 9.49. The van der Waals surface area contributed by atoms with Crippen LogP contribution in [0.3, 0.4) is 0 Å². The second-order valence-corrected chi connectivity index (χ2v) is 4.86. The topological polar surface area (TPSA) is 49.5 Å². The first-order chi connectivity index (χ1) is 8.35. The van der Waals surface area contributed by atoms with Crippen LogP contribution in [0.15, 0.2) is 30.3 Å². The van der Waals surface area contributed by atoms with Crippen molar-refractivity contribution in [2.45, 2.75) is 12.3 Å². The number of hydrogen-bond acceptors (Lipinski definition) is 3. The molecule has 3 heteroatoms. The lowest BCUT2D eigenvalue weighted by molar-refractivity contribution is 0.215. The van der Waals surface area contributed by atoms with E-state index in [1.165, 1.54) is 5.56 Å². The zero-order chi connectivity index (χ0) is 12.1. The van der Waals surface area contributed by atoms with Crippen LogP contribution in [-0.2, 0) is 0 Å². The third kappa shape index (κ3) is 3.06. The van der Waals surface area contributed by atoms with Gasteiger partial charge in [0.1, 0.15) is 0 Å². The second-order valence-electron chi connectivity index (χ2n) is 4.86. The summed E-state index contributed by atoms with van der Waals surface area (Å²) in [5, 5.41) is 9.49. The fourth-order valence-electron chi connectivity index (χ4n) is 2.72. The monoisotopic (exact) mass is 234 g/mol. The molecule has 0 aromatic heterocycles. The smallest absolute Gasteiger partial charge is 0.0477 e. The number of rotatable bonds is 5. The summed E-state index contributed by atoms with van der Waals surface area (Å²) >= 11 is 0. The standard InChI is InChI=1S/C14H22N2O/c15-7-4-8-16-9-13(11-17)14(10-16)12-5-2-1-3-6-12/h1-3,5-6,13-14,17H,4,7-11,15H2/t13-,14+/m0/s1. The van der Waals surface area contributed by atoms with Crippen molar-refractivity contribution in [2.24, 2.45) is 11.7 Å². The number of benzene rings is 1. The molecule has 3 N–H and O–H groups in total. The molecule has 1 saturated heterocycles. The first-order valence-electron chi connectivity index (χ1n) is 6.43. The molecule has 0 bridgehead atoms. The molecule has 0 spiro atoms. The molecule has 1 aromatic rings. The quantitative estimate of drug-likeness (QED) is 0.800. The van der Waals surface area contributed by atoms with Gasteiger partial charge >= 0.3 is 0 Å². The first-order valence-corrected chi connectivity index (χ1v) is 6.43. The Morgan fingerprint density at radius 3 is 2.65 bits per heavy atom. The van der Waals surface area contributed by atoms with Crippen molar-refractivity contribution in [1.29, 1.82) is 0 Å². The van der Waals surface area contributed by atoms with Gasteiger partial charge in [0.25, 0.3) is 0 Å². The van der Waals surface area contributed by atoms with Gasteiger partial charge in [-0.2, -0.15) is 0 Å². The van der Waals surface area contributed by atoms with Gasteiger partial charge in [-0.3, -0.25) is 0 Å². The van der Waals surface area contributed by atoms with Crippen molar-refractivity contribution in [1.82, 2.24) is 4.90 Å². The van der Waals surface area contributed by atoms with Gasteiger partial charge in [0.2, 0.25) is 0 Å². The van der Waals surface area contributed by atoms with Crippen LogP contribution in [0.2, 0.25) is 0 Å². The minimum Gasteiger partial charge on any atom is -0.396 e. The molecular weight excluding hydrogens is 212 g/mol. The van der Waals surface area contributed by atoms with E-state index < -0.39 is 0 Å². The SMILES string of the molecule is NCCCN1C[C@@H](CO)[C@@H](c2ccccc2)C1. The average Bonchev–Trinajstić information content (AvgIpc) is 2.80. The van der Waals surface area contributed by atoms with E-state index in [0.29, 0.717) is 11.8 Å². The van der Waals surface area contributed by atoms with E-state index in [0.717, 1.165) is 32.6 Å². The van der Waals surface area contributed by atoms with Gasteiger partial charge < -0.3 is 15.7 Å². The van der Waals surface area contributed by atoms with Gasteiger partial charge in [0, 0.05) is 31.5 Å². The molecule has 1 fully saturated rings. The van der Waals surface area contributed by atoms with Crippen molar-refractivity contribution < 1.29 is 5.11 Å². The Morgan fingerprint density at radius 1 is 1.24 bits per heavy atom. The van der Waals surface area contributed by atoms with Crippen LogP contribution in [0, 0.1) is 5.92 Å². The first kappa shape index (κ1) is 12.6. The van der Waals surface area contributed by atoms with Gasteiger partial charge in [0.05, 0.1) is 0 Å². The summed E-state index contributed by atoms with van der Waals surface area (Å²) < 4.78 is 0. The van der Waals surface area contributed by atoms with Crippen molar-refractivity contribution in [3.63, 3.8) is 0 Å². The molecule has 1 aromatic carbocycles. The fraction of sp³-hybridized carbons (Fsp3) is 0.571. The Bertz CT molecular complexity index is 328. The molecule has 0 aliphatic carbocycles. The van der Waals surface area contributed by atoms with E-state index in [1.807, 2.05) is 6.07 Å². The van der Waals surface area contributed by atoms with Gasteiger partial charge in [0.15, 0.2) is 0 Å². The average molecular weight is 234 g/mol. The van der Waals surface area contributed by atoms with E-state index in [9.17, 15) is 5.11 Å². The molecule has 94 valence electrons.